The first-order chi connectivity index (χ1) is 9.54. The Morgan fingerprint density at radius 1 is 1.30 bits per heavy atom. The van der Waals surface area contributed by atoms with Crippen molar-refractivity contribution < 1.29 is 0 Å². The maximum Gasteiger partial charge on any atom is 0.0887 e. The molecule has 4 heteroatoms. The Hall–Kier alpha value is -0.350. The standard InChI is InChI=1S/C16H19BrClNS/c1-3-10(2)14(11-7-5-4-6-8-11)15(19)13-9-12(18)16(17)20-13/h4-10,14-15H,3,19H2,1-2H3. The van der Waals surface area contributed by atoms with Crippen LogP contribution in [0.3, 0.4) is 0 Å². The first kappa shape index (κ1) is 16.0. The summed E-state index contributed by atoms with van der Waals surface area (Å²) in [5, 5.41) is 0.747. The topological polar surface area (TPSA) is 26.0 Å². The summed E-state index contributed by atoms with van der Waals surface area (Å²) >= 11 is 11.3. The number of rotatable bonds is 5. The number of hydrogen-bond donors (Lipinski definition) is 1. The Morgan fingerprint density at radius 2 is 1.95 bits per heavy atom. The molecule has 0 aliphatic carbocycles. The molecule has 2 aromatic rings. The first-order valence-corrected chi connectivity index (χ1v) is 8.78. The van der Waals surface area contributed by atoms with Crippen LogP contribution in [0.5, 0.6) is 0 Å². The van der Waals surface area contributed by atoms with E-state index in [1.807, 2.05) is 12.1 Å². The van der Waals surface area contributed by atoms with E-state index in [0.29, 0.717) is 11.8 Å². The largest absolute Gasteiger partial charge is 0.323 e. The van der Waals surface area contributed by atoms with Crippen molar-refractivity contribution >= 4 is 38.9 Å². The highest BCUT2D eigenvalue weighted by Gasteiger charge is 2.27. The smallest absolute Gasteiger partial charge is 0.0887 e. The maximum absolute atomic E-state index is 6.56. The van der Waals surface area contributed by atoms with Gasteiger partial charge in [0.05, 0.1) is 8.81 Å². The zero-order chi connectivity index (χ0) is 14.7. The zero-order valence-electron chi connectivity index (χ0n) is 11.6. The number of hydrogen-bond acceptors (Lipinski definition) is 2. The zero-order valence-corrected chi connectivity index (χ0v) is 14.8. The van der Waals surface area contributed by atoms with Crippen molar-refractivity contribution in [2.75, 3.05) is 0 Å². The van der Waals surface area contributed by atoms with Crippen molar-refractivity contribution in [1.82, 2.24) is 0 Å². The van der Waals surface area contributed by atoms with Crippen LogP contribution in [0.15, 0.2) is 40.2 Å². The third-order valence-corrected chi connectivity index (χ3v) is 6.40. The normalized spacial score (nSPS) is 15.8. The van der Waals surface area contributed by atoms with Crippen LogP contribution >= 0.6 is 38.9 Å². The van der Waals surface area contributed by atoms with E-state index in [0.717, 1.165) is 20.1 Å². The van der Waals surface area contributed by atoms with Crippen molar-refractivity contribution in [2.45, 2.75) is 32.2 Å². The summed E-state index contributed by atoms with van der Waals surface area (Å²) in [6.07, 6.45) is 1.10. The lowest BCUT2D eigenvalue weighted by molar-refractivity contribution is 0.391. The lowest BCUT2D eigenvalue weighted by Crippen LogP contribution is -2.24. The predicted molar refractivity (Wildman–Crippen MR) is 92.6 cm³/mol. The van der Waals surface area contributed by atoms with E-state index in [1.165, 1.54) is 5.56 Å². The number of halogens is 2. The van der Waals surface area contributed by atoms with Gasteiger partial charge in [0.15, 0.2) is 0 Å². The molecular weight excluding hydrogens is 354 g/mol. The molecule has 0 amide bonds. The molecule has 0 fully saturated rings. The number of benzene rings is 1. The third-order valence-electron chi connectivity index (χ3n) is 3.82. The quantitative estimate of drug-likeness (QED) is 0.685. The fraction of sp³-hybridized carbons (Fsp3) is 0.375. The van der Waals surface area contributed by atoms with Gasteiger partial charge >= 0.3 is 0 Å². The van der Waals surface area contributed by atoms with E-state index < -0.39 is 0 Å². The van der Waals surface area contributed by atoms with E-state index in [9.17, 15) is 0 Å². The van der Waals surface area contributed by atoms with Crippen molar-refractivity contribution in [3.8, 4) is 0 Å². The average molecular weight is 373 g/mol. The molecule has 0 saturated carbocycles. The second kappa shape index (κ2) is 7.08. The van der Waals surface area contributed by atoms with Gasteiger partial charge in [0.1, 0.15) is 0 Å². The Morgan fingerprint density at radius 3 is 2.45 bits per heavy atom. The Labute approximate surface area is 138 Å². The van der Waals surface area contributed by atoms with Gasteiger partial charge in [-0.2, -0.15) is 0 Å². The van der Waals surface area contributed by atoms with Gasteiger partial charge in [0.2, 0.25) is 0 Å². The van der Waals surface area contributed by atoms with Crippen LogP contribution in [0.2, 0.25) is 5.02 Å². The molecule has 3 atom stereocenters. The van der Waals surface area contributed by atoms with E-state index >= 15 is 0 Å². The van der Waals surface area contributed by atoms with Crippen LogP contribution in [-0.4, -0.2) is 0 Å². The highest BCUT2D eigenvalue weighted by atomic mass is 79.9. The molecule has 3 unspecified atom stereocenters. The predicted octanol–water partition coefficient (Wildman–Crippen LogP) is 5.99. The van der Waals surface area contributed by atoms with E-state index in [2.05, 4.69) is 54.0 Å². The van der Waals surface area contributed by atoms with Gasteiger partial charge < -0.3 is 5.73 Å². The molecule has 1 aromatic heterocycles. The minimum atomic E-state index is -0.0267. The fourth-order valence-corrected chi connectivity index (χ4v) is 4.32. The summed E-state index contributed by atoms with van der Waals surface area (Å²) < 4.78 is 0.959. The summed E-state index contributed by atoms with van der Waals surface area (Å²) in [6.45, 7) is 4.48. The molecule has 108 valence electrons. The van der Waals surface area contributed by atoms with Crippen molar-refractivity contribution in [3.63, 3.8) is 0 Å². The highest BCUT2D eigenvalue weighted by molar-refractivity contribution is 9.11. The van der Waals surface area contributed by atoms with Gasteiger partial charge in [-0.1, -0.05) is 62.2 Å². The summed E-state index contributed by atoms with van der Waals surface area (Å²) in [7, 11) is 0. The van der Waals surface area contributed by atoms with Gasteiger partial charge in [-0.15, -0.1) is 11.3 Å². The van der Waals surface area contributed by atoms with Crippen molar-refractivity contribution in [1.29, 1.82) is 0 Å². The maximum atomic E-state index is 6.56. The van der Waals surface area contributed by atoms with Crippen LogP contribution in [0.1, 0.15) is 42.7 Å². The number of nitrogens with two attached hydrogens (primary N) is 1. The minimum absolute atomic E-state index is 0.0267. The Kier molecular flexibility index (Phi) is 5.67. The van der Waals surface area contributed by atoms with Gasteiger partial charge in [-0.3, -0.25) is 0 Å². The molecule has 2 N–H and O–H groups in total. The number of thiophene rings is 1. The monoisotopic (exact) mass is 371 g/mol. The van der Waals surface area contributed by atoms with Gasteiger partial charge in [0.25, 0.3) is 0 Å². The van der Waals surface area contributed by atoms with E-state index in [-0.39, 0.29) is 6.04 Å². The molecule has 1 aromatic carbocycles. The Bertz CT molecular complexity index is 535. The lowest BCUT2D eigenvalue weighted by atomic mass is 9.80. The molecule has 0 radical (unpaired) electrons. The van der Waals surface area contributed by atoms with Crippen LogP contribution in [0, 0.1) is 5.92 Å². The SMILES string of the molecule is CCC(C)C(c1ccccc1)C(N)c1cc(Cl)c(Br)s1. The van der Waals surface area contributed by atoms with Gasteiger partial charge in [0, 0.05) is 16.8 Å². The highest BCUT2D eigenvalue weighted by Crippen LogP contribution is 2.42. The lowest BCUT2D eigenvalue weighted by Gasteiger charge is -2.29. The summed E-state index contributed by atoms with van der Waals surface area (Å²) in [5.74, 6) is 0.829. The second-order valence-electron chi connectivity index (χ2n) is 5.12. The molecule has 1 heterocycles. The molecule has 0 saturated heterocycles. The van der Waals surface area contributed by atoms with Crippen LogP contribution in [0.4, 0.5) is 0 Å². The van der Waals surface area contributed by atoms with Crippen LogP contribution in [0.25, 0.3) is 0 Å². The molecule has 0 aliphatic heterocycles. The van der Waals surface area contributed by atoms with Crippen LogP contribution < -0.4 is 5.73 Å². The fourth-order valence-electron chi connectivity index (χ4n) is 2.52. The third kappa shape index (κ3) is 3.45. The molecule has 20 heavy (non-hydrogen) atoms. The minimum Gasteiger partial charge on any atom is -0.323 e. The Balaban J connectivity index is 2.36. The second-order valence-corrected chi connectivity index (χ2v) is 7.93. The molecule has 1 nitrogen and oxygen atoms in total. The molecule has 0 aliphatic rings. The molecular formula is C16H19BrClNS. The van der Waals surface area contributed by atoms with Crippen LogP contribution in [-0.2, 0) is 0 Å². The van der Waals surface area contributed by atoms with E-state index in [1.54, 1.807) is 11.3 Å². The van der Waals surface area contributed by atoms with Gasteiger partial charge in [-0.25, -0.2) is 0 Å². The van der Waals surface area contributed by atoms with Gasteiger partial charge in [-0.05, 0) is 33.5 Å². The average Bonchev–Trinajstić information content (AvgIpc) is 2.80. The van der Waals surface area contributed by atoms with Crippen molar-refractivity contribution in [3.05, 3.63) is 55.6 Å². The first-order valence-electron chi connectivity index (χ1n) is 6.79. The van der Waals surface area contributed by atoms with Crippen molar-refractivity contribution in [2.24, 2.45) is 11.7 Å². The summed E-state index contributed by atoms with van der Waals surface area (Å²) in [5.41, 5.74) is 7.86. The molecule has 0 bridgehead atoms. The molecule has 2 rings (SSSR count). The van der Waals surface area contributed by atoms with E-state index in [4.69, 9.17) is 17.3 Å². The molecule has 0 spiro atoms. The summed E-state index contributed by atoms with van der Waals surface area (Å²) in [6, 6.07) is 12.5. The summed E-state index contributed by atoms with van der Waals surface area (Å²) in [4.78, 5) is 1.14.